The fourth-order valence-corrected chi connectivity index (χ4v) is 12.5. The number of nitrogens with zero attached hydrogens (tertiary/aromatic N) is 1. The third-order valence-electron chi connectivity index (χ3n) is 10.7. The maximum absolute atomic E-state index is 14.7. The molecule has 5 aromatic carbocycles. The summed E-state index contributed by atoms with van der Waals surface area (Å²) >= 11 is 0. The lowest BCUT2D eigenvalue weighted by Gasteiger charge is -2.44. The molecule has 11 heteroatoms. The predicted octanol–water partition coefficient (Wildman–Crippen LogP) is 6.02. The van der Waals surface area contributed by atoms with E-state index in [4.69, 9.17) is 23.4 Å². The summed E-state index contributed by atoms with van der Waals surface area (Å²) in [6.45, 7) is 6.53. The quantitative estimate of drug-likeness (QED) is 0.0912. The Balaban J connectivity index is 1.50. The Morgan fingerprint density at radius 1 is 0.638 bits per heavy atom. The van der Waals surface area contributed by atoms with E-state index in [9.17, 15) is 19.8 Å². The number of benzene rings is 5. The number of aliphatic hydroxyl groups excluding tert-OH is 2. The second-order valence-corrected chi connectivity index (χ2v) is 19.8. The minimum absolute atomic E-state index is 0.0728. The number of carbonyl (C=O) groups excluding carboxylic acids is 2. The molecule has 0 bridgehead atoms. The van der Waals surface area contributed by atoms with Crippen LogP contribution in [0, 0.1) is 0 Å². The van der Waals surface area contributed by atoms with E-state index in [0.717, 1.165) is 34.2 Å². The zero-order chi connectivity index (χ0) is 41.1. The van der Waals surface area contributed by atoms with Crippen LogP contribution in [-0.2, 0) is 48.0 Å². The van der Waals surface area contributed by atoms with Crippen molar-refractivity contribution in [3.05, 3.63) is 168 Å². The summed E-state index contributed by atoms with van der Waals surface area (Å²) in [6, 6.07) is 46.3. The van der Waals surface area contributed by atoms with Crippen LogP contribution in [0.3, 0.4) is 0 Å². The van der Waals surface area contributed by atoms with Gasteiger partial charge in [-0.25, -0.2) is 9.59 Å². The molecule has 0 aromatic heterocycles. The third-order valence-corrected chi connectivity index (χ3v) is 15.7. The van der Waals surface area contributed by atoms with E-state index in [0.29, 0.717) is 0 Å². The molecule has 2 N–H and O–H groups in total. The molecule has 1 amide bonds. The second-order valence-electron chi connectivity index (χ2n) is 15.5. The fourth-order valence-electron chi connectivity index (χ4n) is 7.89. The highest BCUT2D eigenvalue weighted by Crippen LogP contribution is 2.40. The zero-order valence-corrected chi connectivity index (χ0v) is 34.4. The first-order chi connectivity index (χ1) is 28.0. The SMILES string of the molecule is COC(=O)[C@@H](O)[C@H](O)[C@H]1[C@@H](OCc2ccccc2)[C@H](OCc2ccccc2)[C@@H](CO[Si](c2ccccc2)(c2ccccc2)C(C)(C)C)N1C(=O)OCc1ccccc1. The van der Waals surface area contributed by atoms with Gasteiger partial charge in [-0.1, -0.05) is 172 Å². The Labute approximate surface area is 342 Å². The molecule has 5 aromatic rings. The molecular formula is C47H53NO9Si. The molecule has 1 saturated heterocycles. The van der Waals surface area contributed by atoms with Crippen molar-refractivity contribution in [2.75, 3.05) is 13.7 Å². The van der Waals surface area contributed by atoms with Crippen molar-refractivity contribution in [3.8, 4) is 0 Å². The van der Waals surface area contributed by atoms with Crippen LogP contribution in [0.2, 0.25) is 5.04 Å². The van der Waals surface area contributed by atoms with Crippen molar-refractivity contribution < 1.29 is 43.2 Å². The van der Waals surface area contributed by atoms with Crippen LogP contribution in [0.25, 0.3) is 0 Å². The Morgan fingerprint density at radius 3 is 1.48 bits per heavy atom. The number of aliphatic hydroxyl groups is 2. The minimum atomic E-state index is -3.22. The lowest BCUT2D eigenvalue weighted by molar-refractivity contribution is -0.162. The van der Waals surface area contributed by atoms with Crippen LogP contribution >= 0.6 is 0 Å². The van der Waals surface area contributed by atoms with Gasteiger partial charge in [0, 0.05) is 0 Å². The lowest BCUT2D eigenvalue weighted by atomic mass is 9.98. The van der Waals surface area contributed by atoms with Crippen molar-refractivity contribution in [1.29, 1.82) is 0 Å². The van der Waals surface area contributed by atoms with Crippen LogP contribution in [-0.4, -0.2) is 85.7 Å². The number of rotatable bonds is 16. The second kappa shape index (κ2) is 19.5. The highest BCUT2D eigenvalue weighted by Gasteiger charge is 2.59. The normalized spacial score (nSPS) is 19.3. The molecule has 304 valence electrons. The van der Waals surface area contributed by atoms with E-state index in [2.05, 4.69) is 45.0 Å². The molecule has 0 unspecified atom stereocenters. The Kier molecular flexibility index (Phi) is 14.3. The Hall–Kier alpha value is -5.14. The van der Waals surface area contributed by atoms with E-state index < -0.39 is 61.9 Å². The van der Waals surface area contributed by atoms with Crippen LogP contribution in [0.5, 0.6) is 0 Å². The number of amides is 1. The van der Waals surface area contributed by atoms with E-state index in [1.165, 1.54) is 4.90 Å². The summed E-state index contributed by atoms with van der Waals surface area (Å²) in [5.74, 6) is -1.07. The van der Waals surface area contributed by atoms with Gasteiger partial charge in [-0.15, -0.1) is 0 Å². The number of hydrogen-bond acceptors (Lipinski definition) is 9. The molecule has 1 fully saturated rings. The molecule has 0 spiro atoms. The van der Waals surface area contributed by atoms with Gasteiger partial charge in [0.2, 0.25) is 0 Å². The number of hydrogen-bond donors (Lipinski definition) is 2. The van der Waals surface area contributed by atoms with Crippen molar-refractivity contribution in [3.63, 3.8) is 0 Å². The van der Waals surface area contributed by atoms with Gasteiger partial charge in [-0.05, 0) is 32.1 Å². The molecule has 0 radical (unpaired) electrons. The largest absolute Gasteiger partial charge is 0.467 e. The summed E-state index contributed by atoms with van der Waals surface area (Å²) in [7, 11) is -2.10. The highest BCUT2D eigenvalue weighted by molar-refractivity contribution is 6.99. The van der Waals surface area contributed by atoms with Gasteiger partial charge in [-0.3, -0.25) is 4.90 Å². The standard InChI is InChI=1S/C47H53NO9Si/c1-47(2,3)58(37-26-16-8-17-27-37,38-28-18-9-19-29-38)57-33-39-43(54-30-34-20-10-5-11-21-34)44(55-31-35-22-12-6-13-23-35)40(41(49)42(50)45(51)53-4)48(39)46(52)56-32-36-24-14-7-15-25-36/h5-29,39-44,49-50H,30-33H2,1-4H3/t39-,40+,41-,42+,43-,44-/m1/s1. The fraction of sp³-hybridized carbons (Fsp3) is 0.319. The van der Waals surface area contributed by atoms with Crippen molar-refractivity contribution >= 4 is 30.8 Å². The monoisotopic (exact) mass is 803 g/mol. The average molecular weight is 804 g/mol. The van der Waals surface area contributed by atoms with Gasteiger partial charge in [0.15, 0.2) is 6.10 Å². The van der Waals surface area contributed by atoms with E-state index in [1.807, 2.05) is 127 Å². The molecule has 1 heterocycles. The molecule has 0 saturated carbocycles. The van der Waals surface area contributed by atoms with Crippen molar-refractivity contribution in [1.82, 2.24) is 4.90 Å². The van der Waals surface area contributed by atoms with Crippen LogP contribution in [0.1, 0.15) is 37.5 Å². The Bertz CT molecular complexity index is 1980. The molecule has 6 atom stereocenters. The number of methoxy groups -OCH3 is 1. The predicted molar refractivity (Wildman–Crippen MR) is 224 cm³/mol. The molecule has 0 aliphatic carbocycles. The summed E-state index contributed by atoms with van der Waals surface area (Å²) in [5, 5.41) is 25.0. The van der Waals surface area contributed by atoms with E-state index in [-0.39, 0.29) is 26.4 Å². The first kappa shape index (κ1) is 42.5. The van der Waals surface area contributed by atoms with Gasteiger partial charge in [-0.2, -0.15) is 0 Å². The van der Waals surface area contributed by atoms with E-state index >= 15 is 0 Å². The zero-order valence-electron chi connectivity index (χ0n) is 33.4. The third kappa shape index (κ3) is 9.58. The molecule has 1 aliphatic rings. The minimum Gasteiger partial charge on any atom is -0.467 e. The van der Waals surface area contributed by atoms with Crippen molar-refractivity contribution in [2.24, 2.45) is 0 Å². The number of esters is 1. The molecule has 1 aliphatic heterocycles. The number of likely N-dealkylation sites (tertiary alicyclic amines) is 1. The topological polar surface area (TPSA) is 124 Å². The van der Waals surface area contributed by atoms with E-state index in [1.54, 1.807) is 0 Å². The van der Waals surface area contributed by atoms with Crippen LogP contribution in [0.4, 0.5) is 4.79 Å². The maximum Gasteiger partial charge on any atom is 0.410 e. The number of carbonyl (C=O) groups is 2. The highest BCUT2D eigenvalue weighted by atomic mass is 28.4. The Morgan fingerprint density at radius 2 is 1.05 bits per heavy atom. The van der Waals surface area contributed by atoms with Crippen molar-refractivity contribution in [2.45, 2.75) is 82.1 Å². The summed E-state index contributed by atoms with van der Waals surface area (Å²) in [4.78, 5) is 29.0. The number of ether oxygens (including phenoxy) is 4. The van der Waals surface area contributed by atoms with Gasteiger partial charge < -0.3 is 33.6 Å². The smallest absolute Gasteiger partial charge is 0.410 e. The molecule has 58 heavy (non-hydrogen) atoms. The maximum atomic E-state index is 14.7. The molecular weight excluding hydrogens is 751 g/mol. The first-order valence-electron chi connectivity index (χ1n) is 19.5. The lowest BCUT2D eigenvalue weighted by Crippen LogP contribution is -2.67. The summed E-state index contributed by atoms with van der Waals surface area (Å²) in [5.41, 5.74) is 2.44. The molecule has 10 nitrogen and oxygen atoms in total. The van der Waals surface area contributed by atoms with Gasteiger partial charge in [0.05, 0.1) is 39.0 Å². The van der Waals surface area contributed by atoms with Gasteiger partial charge in [0.25, 0.3) is 8.32 Å². The summed E-state index contributed by atoms with van der Waals surface area (Å²) < 4.78 is 31.8. The van der Waals surface area contributed by atoms with Gasteiger partial charge >= 0.3 is 12.1 Å². The van der Waals surface area contributed by atoms with Crippen LogP contribution < -0.4 is 10.4 Å². The van der Waals surface area contributed by atoms with Crippen LogP contribution in [0.15, 0.2) is 152 Å². The molecule has 6 rings (SSSR count). The first-order valence-corrected chi connectivity index (χ1v) is 21.4. The van der Waals surface area contributed by atoms with Gasteiger partial charge in [0.1, 0.15) is 24.9 Å². The summed E-state index contributed by atoms with van der Waals surface area (Å²) in [6.07, 6.45) is -6.75. The average Bonchev–Trinajstić information content (AvgIpc) is 3.57.